The Bertz CT molecular complexity index is 1580. The van der Waals surface area contributed by atoms with E-state index in [0.29, 0.717) is 43.6 Å². The first kappa shape index (κ1) is 33.9. The molecular weight excluding hydrogens is 606 g/mol. The number of piperazine rings is 1. The number of fused-ring (bicyclic) bond motifs is 1. The molecule has 0 aliphatic carbocycles. The maximum Gasteiger partial charge on any atom is 0.410 e. The van der Waals surface area contributed by atoms with Gasteiger partial charge in [-0.1, -0.05) is 12.1 Å². The number of anilines is 1. The molecule has 3 aliphatic rings. The first-order valence-electron chi connectivity index (χ1n) is 17.6. The van der Waals surface area contributed by atoms with Crippen LogP contribution in [0.2, 0.25) is 0 Å². The molecule has 2 N–H and O–H groups in total. The van der Waals surface area contributed by atoms with Gasteiger partial charge >= 0.3 is 6.09 Å². The number of piperidine rings is 1. The van der Waals surface area contributed by atoms with Crippen molar-refractivity contribution in [2.45, 2.75) is 83.9 Å². The molecule has 3 aliphatic heterocycles. The summed E-state index contributed by atoms with van der Waals surface area (Å²) in [6, 6.07) is 14.3. The first-order valence-corrected chi connectivity index (χ1v) is 17.6. The maximum atomic E-state index is 13.1. The Labute approximate surface area is 284 Å². The van der Waals surface area contributed by atoms with Crippen LogP contribution in [0, 0.1) is 0 Å². The smallest absolute Gasteiger partial charge is 0.410 e. The van der Waals surface area contributed by atoms with Crippen LogP contribution in [0.3, 0.4) is 0 Å². The minimum absolute atomic E-state index is 0.141. The number of ether oxygens (including phenoxy) is 1. The van der Waals surface area contributed by atoms with Gasteiger partial charge in [0.05, 0.1) is 17.6 Å². The van der Waals surface area contributed by atoms with E-state index in [1.165, 1.54) is 18.4 Å². The number of hydrogen-bond donors (Lipinski definition) is 2. The van der Waals surface area contributed by atoms with Gasteiger partial charge in [-0.15, -0.1) is 0 Å². The van der Waals surface area contributed by atoms with E-state index in [1.54, 1.807) is 4.90 Å². The lowest BCUT2D eigenvalue weighted by Crippen LogP contribution is -2.50. The quantitative estimate of drug-likeness (QED) is 0.331. The molecule has 1 atom stereocenters. The average molecular weight is 658 g/mol. The molecule has 3 fully saturated rings. The predicted octanol–water partition coefficient (Wildman–Crippen LogP) is 5.45. The highest BCUT2D eigenvalue weighted by atomic mass is 16.6. The van der Waals surface area contributed by atoms with Gasteiger partial charge in [0.2, 0.25) is 5.91 Å². The molecule has 48 heavy (non-hydrogen) atoms. The lowest BCUT2D eigenvalue weighted by molar-refractivity contribution is -0.132. The van der Waals surface area contributed by atoms with Crippen LogP contribution >= 0.6 is 0 Å². The number of nitrogens with one attached hydrogen (secondary N) is 2. The van der Waals surface area contributed by atoms with Crippen molar-refractivity contribution in [3.8, 4) is 0 Å². The molecule has 2 aromatic carbocycles. The topological polar surface area (TPSA) is 114 Å². The van der Waals surface area contributed by atoms with Gasteiger partial charge in [-0.25, -0.2) is 9.78 Å². The molecule has 0 radical (unpaired) electrons. The minimum atomic E-state index is -0.497. The van der Waals surface area contributed by atoms with Gasteiger partial charge in [0.15, 0.2) is 0 Å². The SMILES string of the molecule is C[C@H]1CCCN1Cc1nc2ccc(NC(=O)c3ccc(C4CCN(C(=O)CCN5CCN(C(=O)OC(C)(C)C)CC5)CC4)cc3)cc2[nH]1. The second-order valence-corrected chi connectivity index (χ2v) is 14.7. The fourth-order valence-corrected chi connectivity index (χ4v) is 7.10. The Hall–Kier alpha value is -3.96. The van der Waals surface area contributed by atoms with Crippen LogP contribution in [-0.4, -0.2) is 111 Å². The van der Waals surface area contributed by atoms with Crippen molar-refractivity contribution in [3.05, 3.63) is 59.4 Å². The van der Waals surface area contributed by atoms with Gasteiger partial charge < -0.3 is 24.8 Å². The lowest BCUT2D eigenvalue weighted by Gasteiger charge is -2.36. The third-order valence-electron chi connectivity index (χ3n) is 9.99. The Morgan fingerprint density at radius 3 is 2.31 bits per heavy atom. The van der Waals surface area contributed by atoms with Gasteiger partial charge in [-0.2, -0.15) is 0 Å². The first-order chi connectivity index (χ1) is 23.0. The molecule has 11 heteroatoms. The number of amides is 3. The van der Waals surface area contributed by atoms with E-state index < -0.39 is 5.60 Å². The highest BCUT2D eigenvalue weighted by molar-refractivity contribution is 6.05. The average Bonchev–Trinajstić information content (AvgIpc) is 3.67. The van der Waals surface area contributed by atoms with E-state index >= 15 is 0 Å². The van der Waals surface area contributed by atoms with E-state index in [1.807, 2.05) is 56.0 Å². The Kier molecular flexibility index (Phi) is 10.4. The molecule has 1 aromatic heterocycles. The fourth-order valence-electron chi connectivity index (χ4n) is 7.10. The van der Waals surface area contributed by atoms with E-state index in [0.717, 1.165) is 74.7 Å². The zero-order valence-corrected chi connectivity index (χ0v) is 29.0. The highest BCUT2D eigenvalue weighted by Crippen LogP contribution is 2.29. The van der Waals surface area contributed by atoms with Crippen molar-refractivity contribution in [2.24, 2.45) is 0 Å². The molecule has 6 rings (SSSR count). The van der Waals surface area contributed by atoms with Crippen LogP contribution in [0.5, 0.6) is 0 Å². The van der Waals surface area contributed by atoms with Gasteiger partial charge in [0, 0.05) is 69.5 Å². The number of carbonyl (C=O) groups excluding carboxylic acids is 3. The maximum absolute atomic E-state index is 13.1. The van der Waals surface area contributed by atoms with E-state index in [-0.39, 0.29) is 17.9 Å². The summed E-state index contributed by atoms with van der Waals surface area (Å²) >= 11 is 0. The van der Waals surface area contributed by atoms with Gasteiger partial charge in [0.25, 0.3) is 5.91 Å². The number of rotatable bonds is 8. The lowest BCUT2D eigenvalue weighted by atomic mass is 9.89. The Morgan fingerprint density at radius 2 is 1.65 bits per heavy atom. The van der Waals surface area contributed by atoms with Crippen LogP contribution in [0.1, 0.15) is 87.5 Å². The monoisotopic (exact) mass is 657 g/mol. The summed E-state index contributed by atoms with van der Waals surface area (Å²) in [6.07, 6.45) is 4.52. The molecule has 3 saturated heterocycles. The third kappa shape index (κ3) is 8.54. The number of aromatic nitrogens is 2. The van der Waals surface area contributed by atoms with Crippen molar-refractivity contribution in [1.29, 1.82) is 0 Å². The van der Waals surface area contributed by atoms with Crippen LogP contribution in [0.15, 0.2) is 42.5 Å². The van der Waals surface area contributed by atoms with Crippen LogP contribution in [0.4, 0.5) is 10.5 Å². The van der Waals surface area contributed by atoms with E-state index in [4.69, 9.17) is 9.72 Å². The molecule has 0 unspecified atom stereocenters. The van der Waals surface area contributed by atoms with Gasteiger partial charge in [-0.3, -0.25) is 19.4 Å². The van der Waals surface area contributed by atoms with Crippen molar-refractivity contribution in [3.63, 3.8) is 0 Å². The molecule has 3 amide bonds. The zero-order chi connectivity index (χ0) is 33.8. The number of likely N-dealkylation sites (tertiary alicyclic amines) is 2. The van der Waals surface area contributed by atoms with Crippen LogP contribution < -0.4 is 5.32 Å². The highest BCUT2D eigenvalue weighted by Gasteiger charge is 2.28. The normalized spacial score (nSPS) is 20.0. The summed E-state index contributed by atoms with van der Waals surface area (Å²) in [5, 5.41) is 3.04. The number of H-pyrrole nitrogens is 1. The number of nitrogens with zero attached hydrogens (tertiary/aromatic N) is 5. The Balaban J connectivity index is 0.927. The molecule has 4 heterocycles. The number of hydrogen-bond acceptors (Lipinski definition) is 7. The van der Waals surface area contributed by atoms with Gasteiger partial charge in [-0.05, 0) is 102 Å². The summed E-state index contributed by atoms with van der Waals surface area (Å²) in [5.41, 5.74) is 3.89. The summed E-state index contributed by atoms with van der Waals surface area (Å²) in [7, 11) is 0. The molecule has 0 spiro atoms. The largest absolute Gasteiger partial charge is 0.444 e. The Morgan fingerprint density at radius 1 is 0.917 bits per heavy atom. The van der Waals surface area contributed by atoms with Crippen LogP contribution in [-0.2, 0) is 16.1 Å². The minimum Gasteiger partial charge on any atom is -0.444 e. The van der Waals surface area contributed by atoms with Crippen molar-refractivity contribution in [2.75, 3.05) is 57.7 Å². The zero-order valence-electron chi connectivity index (χ0n) is 29.0. The fraction of sp³-hybridized carbons (Fsp3) is 0.568. The van der Waals surface area contributed by atoms with E-state index in [2.05, 4.69) is 39.2 Å². The van der Waals surface area contributed by atoms with E-state index in [9.17, 15) is 14.4 Å². The third-order valence-corrected chi connectivity index (χ3v) is 9.99. The van der Waals surface area contributed by atoms with Crippen LogP contribution in [0.25, 0.3) is 11.0 Å². The summed E-state index contributed by atoms with van der Waals surface area (Å²) in [4.78, 5) is 55.0. The van der Waals surface area contributed by atoms with Crippen molar-refractivity contribution >= 4 is 34.6 Å². The standard InChI is InChI=1S/C37H51N7O4/c1-26-6-5-16-44(26)25-33-39-31-12-11-30(24-32(31)40-33)38-35(46)29-9-7-27(8-10-29)28-13-18-42(19-14-28)34(45)15-17-41-20-22-43(23-21-41)36(47)48-37(2,3)4/h7-12,24,26,28H,5-6,13-23,25H2,1-4H3,(H,38,46)(H,39,40)/t26-/m0/s1. The molecule has 0 bridgehead atoms. The number of benzene rings is 2. The molecule has 258 valence electrons. The molecular formula is C37H51N7O4. The number of carbonyl (C=O) groups is 3. The molecule has 0 saturated carbocycles. The second kappa shape index (κ2) is 14.7. The second-order valence-electron chi connectivity index (χ2n) is 14.7. The summed E-state index contributed by atoms with van der Waals surface area (Å²) in [5.74, 6) is 1.38. The molecule has 3 aromatic rings. The summed E-state index contributed by atoms with van der Waals surface area (Å²) < 4.78 is 5.48. The van der Waals surface area contributed by atoms with Crippen molar-refractivity contribution in [1.82, 2.24) is 29.6 Å². The summed E-state index contributed by atoms with van der Waals surface area (Å²) in [6.45, 7) is 14.8. The van der Waals surface area contributed by atoms with Crippen molar-refractivity contribution < 1.29 is 19.1 Å². The molecule has 11 nitrogen and oxygen atoms in total. The number of aromatic amines is 1. The van der Waals surface area contributed by atoms with Gasteiger partial charge in [0.1, 0.15) is 11.4 Å². The predicted molar refractivity (Wildman–Crippen MR) is 187 cm³/mol. The number of imidazole rings is 1.